The first kappa shape index (κ1) is 52.4. The van der Waals surface area contributed by atoms with Crippen LogP contribution in [0.2, 0.25) is 0 Å². The monoisotopic (exact) mass is 1150 g/mol. The fourth-order valence-corrected chi connectivity index (χ4v) is 13.7. The Morgan fingerprint density at radius 2 is 0.683 bits per heavy atom. The first-order valence-electron chi connectivity index (χ1n) is 26.3. The van der Waals surface area contributed by atoms with Gasteiger partial charge in [-0.05, 0) is 97.8 Å². The molecule has 0 unspecified atom stereocenters. The Labute approximate surface area is 486 Å². The maximum Gasteiger partial charge on any atom is 0.303 e. The van der Waals surface area contributed by atoms with E-state index in [2.05, 4.69) is 82.8 Å². The van der Waals surface area contributed by atoms with Crippen LogP contribution in [0.25, 0.3) is 89.7 Å². The van der Waals surface area contributed by atoms with E-state index in [0.29, 0.717) is 68.2 Å². The molecule has 3 aromatic heterocycles. The Kier molecular flexibility index (Phi) is 14.9. The smallest absolute Gasteiger partial charge is 0.303 e. The number of fused-ring (bicyclic) bond motifs is 20. The Morgan fingerprint density at radius 1 is 0.366 bits per heavy atom. The Morgan fingerprint density at radius 3 is 1.06 bits per heavy atom. The molecular weight excluding hydrogens is 1110 g/mol. The van der Waals surface area contributed by atoms with E-state index in [1.165, 1.54) is 0 Å². The van der Waals surface area contributed by atoms with Crippen molar-refractivity contribution in [1.82, 2.24) is 39.9 Å². The summed E-state index contributed by atoms with van der Waals surface area (Å²) in [5.41, 5.74) is 4.74. The van der Waals surface area contributed by atoms with Gasteiger partial charge in [-0.15, -0.1) is 0 Å². The zero-order chi connectivity index (χ0) is 55.5. The molecule has 8 bridgehead atoms. The van der Waals surface area contributed by atoms with Gasteiger partial charge in [-0.2, -0.15) is 0 Å². The molecule has 13 rings (SSSR count). The van der Waals surface area contributed by atoms with E-state index < -0.39 is 11.9 Å². The number of benzene rings is 8. The van der Waals surface area contributed by atoms with Gasteiger partial charge >= 0.3 is 11.9 Å². The predicted octanol–water partition coefficient (Wildman–Crippen LogP) is 16.0. The second-order valence-electron chi connectivity index (χ2n) is 18.9. The summed E-state index contributed by atoms with van der Waals surface area (Å²) in [4.78, 5) is 71.3. The largest absolute Gasteiger partial charge is 0.493 e. The number of ether oxygens (including phenoxy) is 2. The Balaban J connectivity index is 1.18. The molecule has 5 heterocycles. The minimum atomic E-state index is -0.938. The van der Waals surface area contributed by atoms with E-state index in [1.807, 2.05) is 97.1 Å². The first-order chi connectivity index (χ1) is 40.3. The fourth-order valence-electron chi connectivity index (χ4n) is 9.80. The van der Waals surface area contributed by atoms with Gasteiger partial charge < -0.3 is 29.7 Å². The standard InChI is InChI=1S/C64H46N8O6S4/c73-49(74)27-15-35-77-43-29-30-44(78-36-16-28-50(75)76)52-51(43)59-66-57-41-25-13-14-26-42(41)58(65-57)67-61-53-45(79-37-17-5-1-6-18-37)31-32-46(80-38-19-7-2-8-20-38)54(53)63(70-61)72-64-56-48(82-40-23-11-4-12-24-40)34-33-47(81-39-21-9-3-10-22-39)55(56)62(71-64)69-60(52)68-59/h1-14,17-26,29-34H,15-16,27-28,35-36H2,(H,73,74)(H,75,76)(H2,65,66,67,68,69,70,71,72). The molecule has 402 valence electrons. The summed E-state index contributed by atoms with van der Waals surface area (Å²) in [7, 11) is 0. The molecule has 8 aromatic carbocycles. The van der Waals surface area contributed by atoms with E-state index in [-0.39, 0.29) is 38.9 Å². The van der Waals surface area contributed by atoms with Gasteiger partial charge in [-0.3, -0.25) is 9.59 Å². The lowest BCUT2D eigenvalue weighted by Crippen LogP contribution is -2.04. The van der Waals surface area contributed by atoms with Crippen molar-refractivity contribution >= 4 is 103 Å². The SMILES string of the molecule is O=C(O)CCCOc1ccc(OCCCC(=O)O)c2c3nc4nc(nc5[nH]c(nc6nc(nc([nH]3)c12)-c1ccccc1-6)c1c(Sc2ccccc2)ccc(Sc2ccccc2)c51)-c1c(Sc2ccccc2)ccc(Sc2ccccc2)c1-4. The van der Waals surface area contributed by atoms with E-state index in [9.17, 15) is 19.8 Å². The van der Waals surface area contributed by atoms with Gasteiger partial charge in [0.2, 0.25) is 0 Å². The lowest BCUT2D eigenvalue weighted by molar-refractivity contribution is -0.138. The lowest BCUT2D eigenvalue weighted by atomic mass is 10.1. The Bertz CT molecular complexity index is 4440. The summed E-state index contributed by atoms with van der Waals surface area (Å²) in [6.07, 6.45) is 0.289. The van der Waals surface area contributed by atoms with Gasteiger partial charge in [0.05, 0.1) is 24.0 Å². The number of rotatable bonds is 18. The molecule has 0 spiro atoms. The van der Waals surface area contributed by atoms with Crippen molar-refractivity contribution in [3.8, 4) is 57.1 Å². The first-order valence-corrected chi connectivity index (χ1v) is 29.6. The molecule has 82 heavy (non-hydrogen) atoms. The molecular formula is C64H46N8O6S4. The summed E-state index contributed by atoms with van der Waals surface area (Å²) in [6.45, 7) is 0.166. The van der Waals surface area contributed by atoms with Crippen LogP contribution in [0.1, 0.15) is 25.7 Å². The third-order valence-corrected chi connectivity index (χ3v) is 17.7. The summed E-state index contributed by atoms with van der Waals surface area (Å²) in [6, 6.07) is 60.8. The van der Waals surface area contributed by atoms with Gasteiger partial charge in [0, 0.05) is 85.0 Å². The van der Waals surface area contributed by atoms with Gasteiger partial charge in [0.15, 0.2) is 23.3 Å². The van der Waals surface area contributed by atoms with Crippen LogP contribution in [0.4, 0.5) is 0 Å². The zero-order valence-electron chi connectivity index (χ0n) is 43.4. The number of hydrogen-bond acceptors (Lipinski definition) is 14. The molecule has 0 saturated carbocycles. The van der Waals surface area contributed by atoms with E-state index in [4.69, 9.17) is 39.4 Å². The molecule has 0 aliphatic carbocycles. The van der Waals surface area contributed by atoms with Gasteiger partial charge in [0.25, 0.3) is 0 Å². The predicted molar refractivity (Wildman–Crippen MR) is 323 cm³/mol. The quantitative estimate of drug-likeness (QED) is 0.0590. The molecule has 14 nitrogen and oxygen atoms in total. The van der Waals surface area contributed by atoms with Crippen molar-refractivity contribution in [2.75, 3.05) is 13.2 Å². The van der Waals surface area contributed by atoms with E-state index in [0.717, 1.165) is 72.2 Å². The maximum absolute atomic E-state index is 11.7. The van der Waals surface area contributed by atoms with Crippen LogP contribution in [-0.4, -0.2) is 75.2 Å². The second-order valence-corrected chi connectivity index (χ2v) is 23.4. The number of H-pyrrole nitrogens is 2. The highest BCUT2D eigenvalue weighted by Crippen LogP contribution is 2.50. The highest BCUT2D eigenvalue weighted by molar-refractivity contribution is 8.00. The van der Waals surface area contributed by atoms with Crippen molar-refractivity contribution in [2.45, 2.75) is 64.8 Å². The zero-order valence-corrected chi connectivity index (χ0v) is 46.7. The molecule has 0 radical (unpaired) electrons. The molecule has 2 aliphatic heterocycles. The number of carbonyl (C=O) groups is 2. The number of aliphatic carboxylic acids is 2. The molecule has 2 aliphatic rings. The highest BCUT2D eigenvalue weighted by Gasteiger charge is 2.30. The van der Waals surface area contributed by atoms with Crippen molar-refractivity contribution < 1.29 is 29.3 Å². The number of hydrogen-bond donors (Lipinski definition) is 4. The summed E-state index contributed by atoms with van der Waals surface area (Å²) >= 11 is 6.48. The Hall–Kier alpha value is -8.94. The van der Waals surface area contributed by atoms with Crippen LogP contribution in [-0.2, 0) is 9.59 Å². The average Bonchev–Trinajstić information content (AvgIpc) is 4.44. The second kappa shape index (κ2) is 23.3. The van der Waals surface area contributed by atoms with Gasteiger partial charge in [-0.25, -0.2) is 29.9 Å². The summed E-state index contributed by atoms with van der Waals surface area (Å²) in [5, 5.41) is 21.8. The minimum Gasteiger partial charge on any atom is -0.493 e. The van der Waals surface area contributed by atoms with Crippen LogP contribution in [0, 0.1) is 0 Å². The number of aromatic amines is 2. The topological polar surface area (TPSA) is 202 Å². The van der Waals surface area contributed by atoms with Crippen molar-refractivity contribution in [3.63, 3.8) is 0 Å². The van der Waals surface area contributed by atoms with Gasteiger partial charge in [0.1, 0.15) is 34.1 Å². The average molecular weight is 1150 g/mol. The number of carboxylic acids is 2. The highest BCUT2D eigenvalue weighted by atomic mass is 32.2. The van der Waals surface area contributed by atoms with Crippen molar-refractivity contribution in [2.24, 2.45) is 0 Å². The van der Waals surface area contributed by atoms with Crippen LogP contribution in [0.15, 0.2) is 221 Å². The van der Waals surface area contributed by atoms with Crippen LogP contribution in [0.3, 0.4) is 0 Å². The molecule has 0 fully saturated rings. The van der Waals surface area contributed by atoms with E-state index >= 15 is 0 Å². The number of carboxylic acid groups (broad SMARTS) is 2. The van der Waals surface area contributed by atoms with Crippen molar-refractivity contribution in [3.05, 3.63) is 182 Å². The van der Waals surface area contributed by atoms with Crippen LogP contribution in [0.5, 0.6) is 11.5 Å². The van der Waals surface area contributed by atoms with Crippen LogP contribution >= 0.6 is 47.0 Å². The molecule has 0 atom stereocenters. The fraction of sp³-hybridized carbons (Fsp3) is 0.0938. The molecule has 4 N–H and O–H groups in total. The third kappa shape index (κ3) is 10.9. The molecule has 18 heteroatoms. The lowest BCUT2D eigenvalue weighted by Gasteiger charge is -2.13. The number of nitrogens with one attached hydrogen (secondary N) is 2. The minimum absolute atomic E-state index is 0.0811. The number of nitrogens with zero attached hydrogens (tertiary/aromatic N) is 6. The normalized spacial score (nSPS) is 11.6. The van der Waals surface area contributed by atoms with Gasteiger partial charge in [-0.1, -0.05) is 144 Å². The van der Waals surface area contributed by atoms with Crippen LogP contribution < -0.4 is 9.47 Å². The third-order valence-electron chi connectivity index (χ3n) is 13.4. The molecule has 0 saturated heterocycles. The summed E-state index contributed by atoms with van der Waals surface area (Å²) < 4.78 is 13.0. The van der Waals surface area contributed by atoms with E-state index in [1.54, 1.807) is 59.2 Å². The van der Waals surface area contributed by atoms with Crippen molar-refractivity contribution in [1.29, 1.82) is 0 Å². The maximum atomic E-state index is 11.7. The summed E-state index contributed by atoms with van der Waals surface area (Å²) in [5.74, 6) is 0.460. The number of aromatic nitrogens is 8. The molecule has 11 aromatic rings. The molecule has 0 amide bonds.